The van der Waals surface area contributed by atoms with E-state index >= 15 is 0 Å². The third-order valence-corrected chi connectivity index (χ3v) is 2.16. The zero-order valence-corrected chi connectivity index (χ0v) is 9.10. The normalized spacial score (nSPS) is 12.9. The Balaban J connectivity index is 3.18. The molecule has 0 heterocycles. The standard InChI is InChI=1S/C11H13F3N2/c1-3-10(15)16-8-5-4-7(2)9(6-8)11(12,13)14/h4-6H,3H2,1-2H3,(H2,15,16). The number of nitrogens with zero attached hydrogens (tertiary/aromatic N) is 1. The molecule has 0 saturated heterocycles. The third kappa shape index (κ3) is 2.98. The number of alkyl halides is 3. The Hall–Kier alpha value is -1.52. The molecule has 2 nitrogen and oxygen atoms in total. The van der Waals surface area contributed by atoms with Crippen molar-refractivity contribution < 1.29 is 13.2 Å². The molecule has 0 aliphatic heterocycles. The van der Waals surface area contributed by atoms with Crippen molar-refractivity contribution in [3.63, 3.8) is 0 Å². The molecule has 0 unspecified atom stereocenters. The zero-order chi connectivity index (χ0) is 12.3. The fourth-order valence-electron chi connectivity index (χ4n) is 1.23. The molecular formula is C11H13F3N2. The lowest BCUT2D eigenvalue weighted by atomic mass is 10.1. The second-order valence-corrected chi connectivity index (χ2v) is 3.45. The molecule has 88 valence electrons. The number of hydrogen-bond acceptors (Lipinski definition) is 1. The lowest BCUT2D eigenvalue weighted by molar-refractivity contribution is -0.138. The number of benzene rings is 1. The fourth-order valence-corrected chi connectivity index (χ4v) is 1.23. The van der Waals surface area contributed by atoms with E-state index in [0.717, 1.165) is 6.07 Å². The van der Waals surface area contributed by atoms with Gasteiger partial charge < -0.3 is 5.73 Å². The van der Waals surface area contributed by atoms with Gasteiger partial charge in [-0.2, -0.15) is 13.2 Å². The number of amidine groups is 1. The van der Waals surface area contributed by atoms with Crippen LogP contribution in [-0.4, -0.2) is 5.84 Å². The van der Waals surface area contributed by atoms with Gasteiger partial charge in [-0.3, -0.25) is 0 Å². The number of halogens is 3. The van der Waals surface area contributed by atoms with Gasteiger partial charge in [-0.1, -0.05) is 13.0 Å². The van der Waals surface area contributed by atoms with Crippen molar-refractivity contribution in [3.8, 4) is 0 Å². The predicted octanol–water partition coefficient (Wildman–Crippen LogP) is 3.41. The van der Waals surface area contributed by atoms with E-state index in [1.54, 1.807) is 6.92 Å². The maximum absolute atomic E-state index is 12.6. The summed E-state index contributed by atoms with van der Waals surface area (Å²) in [4.78, 5) is 3.89. The van der Waals surface area contributed by atoms with E-state index in [2.05, 4.69) is 4.99 Å². The van der Waals surface area contributed by atoms with Gasteiger partial charge in [-0.05, 0) is 24.6 Å². The first-order valence-electron chi connectivity index (χ1n) is 4.85. The summed E-state index contributed by atoms with van der Waals surface area (Å²) in [5.74, 6) is 0.317. The molecule has 0 amide bonds. The van der Waals surface area contributed by atoms with Crippen LogP contribution < -0.4 is 5.73 Å². The zero-order valence-electron chi connectivity index (χ0n) is 9.10. The Kier molecular flexibility index (Phi) is 3.57. The summed E-state index contributed by atoms with van der Waals surface area (Å²) in [5.41, 5.74) is 5.22. The van der Waals surface area contributed by atoms with Crippen LogP contribution in [0.3, 0.4) is 0 Å². The van der Waals surface area contributed by atoms with Gasteiger partial charge >= 0.3 is 6.18 Å². The van der Waals surface area contributed by atoms with Crippen LogP contribution in [0.1, 0.15) is 24.5 Å². The Morgan fingerprint density at radius 2 is 2.00 bits per heavy atom. The number of rotatable bonds is 2. The first-order valence-corrected chi connectivity index (χ1v) is 4.85. The molecule has 0 bridgehead atoms. The highest BCUT2D eigenvalue weighted by atomic mass is 19.4. The summed E-state index contributed by atoms with van der Waals surface area (Å²) in [6.07, 6.45) is -3.84. The van der Waals surface area contributed by atoms with Crippen molar-refractivity contribution in [1.82, 2.24) is 0 Å². The maximum atomic E-state index is 12.6. The number of hydrogen-bond donors (Lipinski definition) is 1. The van der Waals surface area contributed by atoms with Gasteiger partial charge in [0.25, 0.3) is 0 Å². The first kappa shape index (κ1) is 12.5. The summed E-state index contributed by atoms with van der Waals surface area (Å²) in [7, 11) is 0. The van der Waals surface area contributed by atoms with Crippen LogP contribution in [-0.2, 0) is 6.18 Å². The maximum Gasteiger partial charge on any atom is 0.416 e. The van der Waals surface area contributed by atoms with Gasteiger partial charge in [0.1, 0.15) is 0 Å². The molecule has 0 fully saturated rings. The van der Waals surface area contributed by atoms with E-state index in [4.69, 9.17) is 5.73 Å². The number of aliphatic imine (C=N–C) groups is 1. The van der Waals surface area contributed by atoms with Gasteiger partial charge in [0.15, 0.2) is 0 Å². The van der Waals surface area contributed by atoms with Gasteiger partial charge in [0.2, 0.25) is 0 Å². The second kappa shape index (κ2) is 4.55. The molecule has 0 spiro atoms. The molecule has 1 aromatic rings. The Bertz CT molecular complexity index is 408. The minimum atomic E-state index is -4.35. The van der Waals surface area contributed by atoms with Crippen LogP contribution >= 0.6 is 0 Å². The molecule has 1 aromatic carbocycles. The minimum Gasteiger partial charge on any atom is -0.387 e. The fraction of sp³-hybridized carbons (Fsp3) is 0.364. The number of aryl methyl sites for hydroxylation is 1. The van der Waals surface area contributed by atoms with Crippen LogP contribution in [0.5, 0.6) is 0 Å². The molecule has 2 N–H and O–H groups in total. The van der Waals surface area contributed by atoms with E-state index in [-0.39, 0.29) is 11.3 Å². The Morgan fingerprint density at radius 1 is 1.38 bits per heavy atom. The predicted molar refractivity (Wildman–Crippen MR) is 57.8 cm³/mol. The highest BCUT2D eigenvalue weighted by Crippen LogP contribution is 2.34. The molecule has 0 radical (unpaired) electrons. The van der Waals surface area contributed by atoms with Gasteiger partial charge in [0.05, 0.1) is 17.1 Å². The van der Waals surface area contributed by atoms with Crippen molar-refractivity contribution >= 4 is 11.5 Å². The lowest BCUT2D eigenvalue weighted by Crippen LogP contribution is -2.09. The van der Waals surface area contributed by atoms with E-state index in [9.17, 15) is 13.2 Å². The van der Waals surface area contributed by atoms with E-state index < -0.39 is 11.7 Å². The lowest BCUT2D eigenvalue weighted by Gasteiger charge is -2.10. The summed E-state index contributed by atoms with van der Waals surface area (Å²) in [6.45, 7) is 3.21. The summed E-state index contributed by atoms with van der Waals surface area (Å²) in [5, 5.41) is 0. The van der Waals surface area contributed by atoms with E-state index in [1.807, 2.05) is 0 Å². The number of nitrogens with two attached hydrogens (primary N) is 1. The Labute approximate surface area is 92.0 Å². The molecule has 0 aliphatic carbocycles. The molecule has 0 aliphatic rings. The van der Waals surface area contributed by atoms with Crippen LogP contribution in [0.15, 0.2) is 23.2 Å². The molecule has 0 atom stereocenters. The average molecular weight is 230 g/mol. The summed E-state index contributed by atoms with van der Waals surface area (Å²) >= 11 is 0. The monoisotopic (exact) mass is 230 g/mol. The highest BCUT2D eigenvalue weighted by molar-refractivity contribution is 5.82. The van der Waals surface area contributed by atoms with Crippen molar-refractivity contribution in [2.75, 3.05) is 0 Å². The largest absolute Gasteiger partial charge is 0.416 e. The molecule has 16 heavy (non-hydrogen) atoms. The van der Waals surface area contributed by atoms with Crippen molar-refractivity contribution in [2.24, 2.45) is 10.7 Å². The minimum absolute atomic E-state index is 0.182. The third-order valence-electron chi connectivity index (χ3n) is 2.16. The van der Waals surface area contributed by atoms with Crippen molar-refractivity contribution in [1.29, 1.82) is 0 Å². The first-order chi connectivity index (χ1) is 7.34. The van der Waals surface area contributed by atoms with Crippen molar-refractivity contribution in [2.45, 2.75) is 26.4 Å². The van der Waals surface area contributed by atoms with Crippen molar-refractivity contribution in [3.05, 3.63) is 29.3 Å². The topological polar surface area (TPSA) is 38.4 Å². The average Bonchev–Trinajstić information content (AvgIpc) is 2.19. The highest BCUT2D eigenvalue weighted by Gasteiger charge is 2.32. The van der Waals surface area contributed by atoms with Crippen LogP contribution in [0.4, 0.5) is 18.9 Å². The molecule has 5 heteroatoms. The van der Waals surface area contributed by atoms with Gasteiger partial charge in [-0.15, -0.1) is 0 Å². The smallest absolute Gasteiger partial charge is 0.387 e. The van der Waals surface area contributed by atoms with E-state index in [0.29, 0.717) is 12.3 Å². The quantitative estimate of drug-likeness (QED) is 0.613. The van der Waals surface area contributed by atoms with Gasteiger partial charge in [0, 0.05) is 6.42 Å². The van der Waals surface area contributed by atoms with E-state index in [1.165, 1.54) is 19.1 Å². The van der Waals surface area contributed by atoms with Crippen LogP contribution in [0.25, 0.3) is 0 Å². The van der Waals surface area contributed by atoms with Crippen LogP contribution in [0.2, 0.25) is 0 Å². The van der Waals surface area contributed by atoms with Gasteiger partial charge in [-0.25, -0.2) is 4.99 Å². The molecular weight excluding hydrogens is 217 g/mol. The summed E-state index contributed by atoms with van der Waals surface area (Å²) < 4.78 is 37.7. The molecule has 1 rings (SSSR count). The Morgan fingerprint density at radius 3 is 2.50 bits per heavy atom. The van der Waals surface area contributed by atoms with Crippen LogP contribution in [0, 0.1) is 6.92 Å². The SMILES string of the molecule is CCC(N)=Nc1ccc(C)c(C(F)(F)F)c1. The summed E-state index contributed by atoms with van der Waals surface area (Å²) in [6, 6.07) is 3.93. The molecule has 0 saturated carbocycles. The second-order valence-electron chi connectivity index (χ2n) is 3.45. The molecule has 0 aromatic heterocycles.